The van der Waals surface area contributed by atoms with Crippen LogP contribution in [-0.4, -0.2) is 65.4 Å². The number of carbonyl (C=O) groups excluding carboxylic acids is 2. The van der Waals surface area contributed by atoms with Crippen molar-refractivity contribution in [3.8, 4) is 11.1 Å². The number of piperazine rings is 1. The van der Waals surface area contributed by atoms with Crippen LogP contribution in [0.2, 0.25) is 0 Å². The molecule has 3 aromatic rings. The zero-order valence-electron chi connectivity index (χ0n) is 16.4. The van der Waals surface area contributed by atoms with Crippen molar-refractivity contribution >= 4 is 40.2 Å². The Labute approximate surface area is 183 Å². The molecule has 0 spiro atoms. The van der Waals surface area contributed by atoms with Crippen molar-refractivity contribution in [2.24, 2.45) is 0 Å². The highest BCUT2D eigenvalue weighted by atomic mass is 32.1. The fourth-order valence-electron chi connectivity index (χ4n) is 4.20. The number of hydrogen-bond acceptors (Lipinski definition) is 6. The highest BCUT2D eigenvalue weighted by Gasteiger charge is 2.36. The smallest absolute Gasteiger partial charge is 0.282 e. The minimum Gasteiger partial charge on any atom is -0.334 e. The molecule has 2 fully saturated rings. The number of thiazole rings is 1. The average molecular weight is 439 g/mol. The normalized spacial score (nSPS) is 20.1. The summed E-state index contributed by atoms with van der Waals surface area (Å²) in [5.74, 6) is 0.184. The van der Waals surface area contributed by atoms with Gasteiger partial charge in [-0.05, 0) is 40.1 Å². The van der Waals surface area contributed by atoms with Gasteiger partial charge in [-0.25, -0.2) is 4.98 Å². The minimum atomic E-state index is 0.0134. The Hall–Kier alpha value is -2.55. The van der Waals surface area contributed by atoms with Gasteiger partial charge in [-0.15, -0.1) is 11.3 Å². The van der Waals surface area contributed by atoms with E-state index in [1.807, 2.05) is 27.3 Å². The van der Waals surface area contributed by atoms with Crippen LogP contribution < -0.4 is 4.90 Å². The first-order valence-electron chi connectivity index (χ1n) is 10.0. The monoisotopic (exact) mass is 438 g/mol. The predicted octanol–water partition coefficient (Wildman–Crippen LogP) is 3.43. The standard InChI is InChI=1S/C22H22N4O2S2/c27-20-13-19(24-7-9-25(10-8-24)22(28)21-23-6-12-30-21)14-26(20)18-3-1-16(2-4-18)17-5-11-29-15-17/h1-6,11-12,15,19H,7-10,13-14H2. The molecule has 8 heteroatoms. The van der Waals surface area contributed by atoms with Crippen molar-refractivity contribution in [2.45, 2.75) is 12.5 Å². The van der Waals surface area contributed by atoms with Crippen LogP contribution in [-0.2, 0) is 4.79 Å². The number of aromatic nitrogens is 1. The van der Waals surface area contributed by atoms with E-state index in [-0.39, 0.29) is 17.9 Å². The van der Waals surface area contributed by atoms with Crippen molar-refractivity contribution < 1.29 is 9.59 Å². The lowest BCUT2D eigenvalue weighted by Gasteiger charge is -2.37. The quantitative estimate of drug-likeness (QED) is 0.626. The lowest BCUT2D eigenvalue weighted by atomic mass is 10.1. The first kappa shape index (κ1) is 19.4. The first-order chi connectivity index (χ1) is 14.7. The highest BCUT2D eigenvalue weighted by Crippen LogP contribution is 2.29. The maximum absolute atomic E-state index is 12.7. The van der Waals surface area contributed by atoms with Crippen LogP contribution in [0.1, 0.15) is 16.2 Å². The third-order valence-corrected chi connectivity index (χ3v) is 7.32. The maximum Gasteiger partial charge on any atom is 0.282 e. The molecule has 30 heavy (non-hydrogen) atoms. The third-order valence-electron chi connectivity index (χ3n) is 5.87. The Balaban J connectivity index is 1.20. The van der Waals surface area contributed by atoms with Gasteiger partial charge in [0.05, 0.1) is 0 Å². The lowest BCUT2D eigenvalue weighted by Crippen LogP contribution is -2.52. The molecule has 1 aromatic carbocycles. The Morgan fingerprint density at radius 2 is 1.80 bits per heavy atom. The van der Waals surface area contributed by atoms with Crippen LogP contribution in [0.4, 0.5) is 5.69 Å². The van der Waals surface area contributed by atoms with Crippen LogP contribution in [0.3, 0.4) is 0 Å². The molecule has 2 aromatic heterocycles. The van der Waals surface area contributed by atoms with Gasteiger partial charge in [0.1, 0.15) is 0 Å². The number of hydrogen-bond donors (Lipinski definition) is 0. The molecule has 154 valence electrons. The number of anilines is 1. The molecule has 5 rings (SSSR count). The zero-order valence-corrected chi connectivity index (χ0v) is 18.1. The topological polar surface area (TPSA) is 56.8 Å². The van der Waals surface area contributed by atoms with Gasteiger partial charge in [0.25, 0.3) is 5.91 Å². The van der Waals surface area contributed by atoms with Gasteiger partial charge in [-0.3, -0.25) is 14.5 Å². The van der Waals surface area contributed by atoms with Crippen molar-refractivity contribution in [1.29, 1.82) is 0 Å². The third kappa shape index (κ3) is 3.78. The summed E-state index contributed by atoms with van der Waals surface area (Å²) in [5.41, 5.74) is 3.34. The van der Waals surface area contributed by atoms with E-state index in [0.717, 1.165) is 18.8 Å². The number of carbonyl (C=O) groups is 2. The predicted molar refractivity (Wildman–Crippen MR) is 120 cm³/mol. The van der Waals surface area contributed by atoms with Gasteiger partial charge in [0, 0.05) is 62.5 Å². The van der Waals surface area contributed by atoms with Gasteiger partial charge in [0.2, 0.25) is 5.91 Å². The van der Waals surface area contributed by atoms with Crippen LogP contribution in [0.25, 0.3) is 11.1 Å². The van der Waals surface area contributed by atoms with E-state index in [4.69, 9.17) is 0 Å². The fraction of sp³-hybridized carbons (Fsp3) is 0.318. The molecule has 2 amide bonds. The van der Waals surface area contributed by atoms with Crippen molar-refractivity contribution in [2.75, 3.05) is 37.6 Å². The molecule has 1 atom stereocenters. The summed E-state index contributed by atoms with van der Waals surface area (Å²) in [6.07, 6.45) is 2.20. The zero-order chi connectivity index (χ0) is 20.5. The molecule has 2 aliphatic rings. The molecule has 2 aliphatic heterocycles. The minimum absolute atomic E-state index is 0.0134. The lowest BCUT2D eigenvalue weighted by molar-refractivity contribution is -0.117. The maximum atomic E-state index is 12.7. The molecule has 4 heterocycles. The van der Waals surface area contributed by atoms with Gasteiger partial charge < -0.3 is 9.80 Å². The van der Waals surface area contributed by atoms with Crippen LogP contribution in [0, 0.1) is 0 Å². The molecule has 6 nitrogen and oxygen atoms in total. The Kier molecular flexibility index (Phi) is 5.37. The summed E-state index contributed by atoms with van der Waals surface area (Å²) >= 11 is 3.07. The number of amides is 2. The summed E-state index contributed by atoms with van der Waals surface area (Å²) in [5, 5.41) is 6.58. The van der Waals surface area contributed by atoms with Gasteiger partial charge in [-0.2, -0.15) is 11.3 Å². The summed E-state index contributed by atoms with van der Waals surface area (Å²) < 4.78 is 0. The molecule has 1 unspecified atom stereocenters. The summed E-state index contributed by atoms with van der Waals surface area (Å²) in [7, 11) is 0. The number of nitrogens with zero attached hydrogens (tertiary/aromatic N) is 4. The second-order valence-electron chi connectivity index (χ2n) is 7.59. The van der Waals surface area contributed by atoms with E-state index in [9.17, 15) is 9.59 Å². The number of benzene rings is 1. The summed E-state index contributed by atoms with van der Waals surface area (Å²) in [6.45, 7) is 3.65. The molecule has 0 saturated carbocycles. The molecule has 0 radical (unpaired) electrons. The van der Waals surface area contributed by atoms with E-state index >= 15 is 0 Å². The second kappa shape index (κ2) is 8.29. The van der Waals surface area contributed by atoms with E-state index in [1.165, 1.54) is 22.5 Å². The summed E-state index contributed by atoms with van der Waals surface area (Å²) in [6, 6.07) is 10.6. The second-order valence-corrected chi connectivity index (χ2v) is 9.26. The van der Waals surface area contributed by atoms with Crippen molar-refractivity contribution in [1.82, 2.24) is 14.8 Å². The molecule has 0 bridgehead atoms. The SMILES string of the molecule is O=C(c1nccs1)N1CCN(C2CC(=O)N(c3ccc(-c4ccsc4)cc3)C2)CC1. The number of thiophene rings is 1. The first-order valence-corrected chi connectivity index (χ1v) is 11.9. The van der Waals surface area contributed by atoms with Gasteiger partial charge in [-0.1, -0.05) is 12.1 Å². The Morgan fingerprint density at radius 1 is 1.00 bits per heavy atom. The van der Waals surface area contributed by atoms with Crippen molar-refractivity contribution in [3.05, 3.63) is 57.7 Å². The van der Waals surface area contributed by atoms with Crippen LogP contribution >= 0.6 is 22.7 Å². The molecule has 2 saturated heterocycles. The van der Waals surface area contributed by atoms with E-state index in [2.05, 4.69) is 38.8 Å². The van der Waals surface area contributed by atoms with Crippen LogP contribution in [0.5, 0.6) is 0 Å². The van der Waals surface area contributed by atoms with Gasteiger partial charge in [0.15, 0.2) is 5.01 Å². The van der Waals surface area contributed by atoms with Crippen LogP contribution in [0.15, 0.2) is 52.7 Å². The molecular formula is C22H22N4O2S2. The van der Waals surface area contributed by atoms with E-state index < -0.39 is 0 Å². The summed E-state index contributed by atoms with van der Waals surface area (Å²) in [4.78, 5) is 35.4. The van der Waals surface area contributed by atoms with Gasteiger partial charge >= 0.3 is 0 Å². The Morgan fingerprint density at radius 3 is 2.47 bits per heavy atom. The molecule has 0 aliphatic carbocycles. The highest BCUT2D eigenvalue weighted by molar-refractivity contribution is 7.11. The fourth-order valence-corrected chi connectivity index (χ4v) is 5.47. The number of rotatable bonds is 4. The van der Waals surface area contributed by atoms with E-state index in [1.54, 1.807) is 17.5 Å². The van der Waals surface area contributed by atoms with Crippen molar-refractivity contribution in [3.63, 3.8) is 0 Å². The molecular weight excluding hydrogens is 416 g/mol. The molecule has 0 N–H and O–H groups in total. The largest absolute Gasteiger partial charge is 0.334 e. The average Bonchev–Trinajstić information content (AvgIpc) is 3.55. The van der Waals surface area contributed by atoms with E-state index in [0.29, 0.717) is 31.1 Å². The Bertz CT molecular complexity index is 1010.